The second kappa shape index (κ2) is 6.59. The quantitative estimate of drug-likeness (QED) is 0.553. The monoisotopic (exact) mass is 388 g/mol. The van der Waals surface area contributed by atoms with Gasteiger partial charge in [0.25, 0.3) is 0 Å². The van der Waals surface area contributed by atoms with E-state index in [0.29, 0.717) is 10.2 Å². The summed E-state index contributed by atoms with van der Waals surface area (Å²) in [6.45, 7) is 1.90. The van der Waals surface area contributed by atoms with Crippen LogP contribution >= 0.6 is 34.3 Å². The molecule has 0 aliphatic rings. The van der Waals surface area contributed by atoms with Crippen molar-refractivity contribution in [3.63, 3.8) is 0 Å². The van der Waals surface area contributed by atoms with Crippen LogP contribution in [-0.2, 0) is 11.2 Å². The third-order valence-electron chi connectivity index (χ3n) is 3.63. The Hall–Kier alpha value is -2.22. The summed E-state index contributed by atoms with van der Waals surface area (Å²) in [6, 6.07) is 7.56. The number of aryl methyl sites for hydroxylation is 1. The number of rotatable bonds is 4. The van der Waals surface area contributed by atoms with E-state index < -0.39 is 0 Å². The van der Waals surface area contributed by atoms with Crippen LogP contribution in [0.15, 0.2) is 41.2 Å². The molecule has 0 aliphatic heterocycles. The topological polar surface area (TPSA) is 59.3 Å². The van der Waals surface area contributed by atoms with Gasteiger partial charge < -0.3 is 5.32 Å². The fraction of sp³-hybridized carbons (Fsp3) is 0.118. The zero-order chi connectivity index (χ0) is 17.4. The number of halogens is 1. The van der Waals surface area contributed by atoms with Crippen molar-refractivity contribution in [2.45, 2.75) is 13.3 Å². The highest BCUT2D eigenvalue weighted by atomic mass is 35.5. The van der Waals surface area contributed by atoms with E-state index in [-0.39, 0.29) is 12.3 Å². The van der Waals surface area contributed by atoms with Gasteiger partial charge in [-0.2, -0.15) is 0 Å². The fourth-order valence-electron chi connectivity index (χ4n) is 2.46. The molecule has 3 heterocycles. The standard InChI is InChI=1S/C17H13ClN4OS2/c1-10-8-24-16(19-10)21-15(23)6-13-9-25-17-20-14(7-22(13)17)11-2-4-12(18)5-3-11/h2-5,7-9H,6H2,1H3,(H,19,21,23). The number of carbonyl (C=O) groups is 1. The van der Waals surface area contributed by atoms with Crippen molar-refractivity contribution >= 4 is 50.3 Å². The van der Waals surface area contributed by atoms with Crippen molar-refractivity contribution < 1.29 is 4.79 Å². The number of fused-ring (bicyclic) bond motifs is 1. The van der Waals surface area contributed by atoms with Crippen LogP contribution in [0, 0.1) is 6.92 Å². The molecule has 8 heteroatoms. The molecule has 4 rings (SSSR count). The summed E-state index contributed by atoms with van der Waals surface area (Å²) in [6.07, 6.45) is 2.22. The first-order chi connectivity index (χ1) is 12.1. The Morgan fingerprint density at radius 2 is 2.00 bits per heavy atom. The second-order valence-corrected chi connectivity index (χ2v) is 7.66. The molecule has 25 heavy (non-hydrogen) atoms. The van der Waals surface area contributed by atoms with Crippen molar-refractivity contribution in [1.29, 1.82) is 0 Å². The van der Waals surface area contributed by atoms with Gasteiger partial charge in [0.1, 0.15) is 0 Å². The van der Waals surface area contributed by atoms with Gasteiger partial charge in [-0.25, -0.2) is 9.97 Å². The Bertz CT molecular complexity index is 1050. The maximum absolute atomic E-state index is 12.3. The molecule has 1 N–H and O–H groups in total. The van der Waals surface area contributed by atoms with Gasteiger partial charge in [0, 0.05) is 33.2 Å². The predicted molar refractivity (Wildman–Crippen MR) is 103 cm³/mol. The van der Waals surface area contributed by atoms with Crippen LogP contribution in [0.3, 0.4) is 0 Å². The van der Waals surface area contributed by atoms with Crippen LogP contribution in [0.2, 0.25) is 5.02 Å². The number of imidazole rings is 1. The van der Waals surface area contributed by atoms with E-state index in [1.165, 1.54) is 22.7 Å². The Balaban J connectivity index is 1.56. The molecule has 0 unspecified atom stereocenters. The van der Waals surface area contributed by atoms with Crippen LogP contribution < -0.4 is 5.32 Å². The lowest BCUT2D eigenvalue weighted by Crippen LogP contribution is -2.15. The molecular weight excluding hydrogens is 376 g/mol. The lowest BCUT2D eigenvalue weighted by atomic mass is 10.2. The summed E-state index contributed by atoms with van der Waals surface area (Å²) in [5, 5.41) is 8.02. The first-order valence-electron chi connectivity index (χ1n) is 7.52. The number of hydrogen-bond donors (Lipinski definition) is 1. The molecule has 0 aliphatic carbocycles. The van der Waals surface area contributed by atoms with E-state index in [1.807, 2.05) is 52.5 Å². The molecule has 1 amide bonds. The number of nitrogens with zero attached hydrogens (tertiary/aromatic N) is 3. The molecule has 0 saturated carbocycles. The van der Waals surface area contributed by atoms with E-state index >= 15 is 0 Å². The Labute approximate surface area is 156 Å². The third-order valence-corrected chi connectivity index (χ3v) is 5.65. The van der Waals surface area contributed by atoms with Crippen molar-refractivity contribution in [1.82, 2.24) is 14.4 Å². The first-order valence-corrected chi connectivity index (χ1v) is 9.65. The molecule has 0 fully saturated rings. The number of hydrogen-bond acceptors (Lipinski definition) is 5. The van der Waals surface area contributed by atoms with E-state index in [1.54, 1.807) is 0 Å². The predicted octanol–water partition coefficient (Wildman–Crippen LogP) is 4.66. The van der Waals surface area contributed by atoms with Gasteiger partial charge in [0.15, 0.2) is 10.1 Å². The number of amides is 1. The van der Waals surface area contributed by atoms with Gasteiger partial charge in [-0.1, -0.05) is 23.7 Å². The average molecular weight is 389 g/mol. The van der Waals surface area contributed by atoms with E-state index in [4.69, 9.17) is 11.6 Å². The summed E-state index contributed by atoms with van der Waals surface area (Å²) in [4.78, 5) is 22.0. The lowest BCUT2D eigenvalue weighted by Gasteiger charge is -2.01. The number of nitrogens with one attached hydrogen (secondary N) is 1. The smallest absolute Gasteiger partial charge is 0.232 e. The number of anilines is 1. The maximum Gasteiger partial charge on any atom is 0.232 e. The summed E-state index contributed by atoms with van der Waals surface area (Å²) < 4.78 is 1.96. The Kier molecular flexibility index (Phi) is 4.29. The van der Waals surface area contributed by atoms with Gasteiger partial charge in [-0.3, -0.25) is 9.20 Å². The van der Waals surface area contributed by atoms with Gasteiger partial charge in [0.2, 0.25) is 5.91 Å². The average Bonchev–Trinajstić information content (AvgIpc) is 3.26. The minimum atomic E-state index is -0.0872. The highest BCUT2D eigenvalue weighted by Crippen LogP contribution is 2.25. The van der Waals surface area contributed by atoms with Crippen LogP contribution in [0.4, 0.5) is 5.13 Å². The zero-order valence-corrected chi connectivity index (χ0v) is 15.6. The van der Waals surface area contributed by atoms with Crippen molar-refractivity contribution in [2.75, 3.05) is 5.32 Å². The molecule has 0 spiro atoms. The van der Waals surface area contributed by atoms with Crippen LogP contribution in [0.25, 0.3) is 16.2 Å². The van der Waals surface area contributed by atoms with E-state index in [2.05, 4.69) is 15.3 Å². The highest BCUT2D eigenvalue weighted by Gasteiger charge is 2.13. The van der Waals surface area contributed by atoms with Crippen molar-refractivity contribution in [3.8, 4) is 11.3 Å². The molecule has 126 valence electrons. The third kappa shape index (κ3) is 3.44. The van der Waals surface area contributed by atoms with Crippen LogP contribution in [0.5, 0.6) is 0 Å². The molecule has 0 saturated heterocycles. The van der Waals surface area contributed by atoms with Crippen LogP contribution in [-0.4, -0.2) is 20.3 Å². The first kappa shape index (κ1) is 16.3. The van der Waals surface area contributed by atoms with E-state index in [9.17, 15) is 4.79 Å². The molecule has 1 aromatic carbocycles. The molecule has 0 bridgehead atoms. The zero-order valence-electron chi connectivity index (χ0n) is 13.2. The van der Waals surface area contributed by atoms with E-state index in [0.717, 1.165) is 27.6 Å². The Morgan fingerprint density at radius 3 is 2.72 bits per heavy atom. The largest absolute Gasteiger partial charge is 0.302 e. The van der Waals surface area contributed by atoms with Crippen molar-refractivity contribution in [2.24, 2.45) is 0 Å². The number of thiazole rings is 2. The molecule has 4 aromatic rings. The SMILES string of the molecule is Cc1csc(NC(=O)Cc2csc3nc(-c4ccc(Cl)cc4)cn23)n1. The number of carbonyl (C=O) groups excluding carboxylic acids is 1. The van der Waals surface area contributed by atoms with Gasteiger partial charge in [0.05, 0.1) is 17.8 Å². The normalized spacial score (nSPS) is 11.1. The molecule has 3 aromatic heterocycles. The summed E-state index contributed by atoms with van der Waals surface area (Å²) in [5.74, 6) is -0.0872. The minimum Gasteiger partial charge on any atom is -0.302 e. The summed E-state index contributed by atoms with van der Waals surface area (Å²) >= 11 is 8.88. The fourth-order valence-corrected chi connectivity index (χ4v) is 4.16. The summed E-state index contributed by atoms with van der Waals surface area (Å²) in [5.41, 5.74) is 3.66. The second-order valence-electron chi connectivity index (χ2n) is 5.53. The molecule has 5 nitrogen and oxygen atoms in total. The number of benzene rings is 1. The minimum absolute atomic E-state index is 0.0872. The lowest BCUT2D eigenvalue weighted by molar-refractivity contribution is -0.115. The van der Waals surface area contributed by atoms with Gasteiger partial charge in [-0.15, -0.1) is 22.7 Å². The Morgan fingerprint density at radius 1 is 1.20 bits per heavy atom. The highest BCUT2D eigenvalue weighted by molar-refractivity contribution is 7.15. The molecule has 0 radical (unpaired) electrons. The van der Waals surface area contributed by atoms with Gasteiger partial charge in [-0.05, 0) is 19.1 Å². The summed E-state index contributed by atoms with van der Waals surface area (Å²) in [7, 11) is 0. The van der Waals surface area contributed by atoms with Crippen molar-refractivity contribution in [3.05, 3.63) is 57.6 Å². The molecular formula is C17H13ClN4OS2. The van der Waals surface area contributed by atoms with Gasteiger partial charge >= 0.3 is 0 Å². The molecule has 0 atom stereocenters. The maximum atomic E-state index is 12.3. The number of aromatic nitrogens is 3. The van der Waals surface area contributed by atoms with Crippen LogP contribution in [0.1, 0.15) is 11.4 Å².